The van der Waals surface area contributed by atoms with Crippen LogP contribution >= 0.6 is 34.5 Å². The first-order valence-corrected chi connectivity index (χ1v) is 12.5. The summed E-state index contributed by atoms with van der Waals surface area (Å²) in [6, 6.07) is 3.87. The fourth-order valence-corrected chi connectivity index (χ4v) is 5.11. The summed E-state index contributed by atoms with van der Waals surface area (Å²) < 4.78 is 63.0. The standard InChI is InChI=1S/C18H15Cl2F3N4O3S2/c1-9(8-32(2,29)30)24-14(28)6-5-13-15(11-4-3-10(19)7-12(11)20)25-17-27(13)26-16(31-17)18(21,22)23/h3-7,9H,8H2,1-2H3,(H,24,28)/t9-/m0/s1. The topological polar surface area (TPSA) is 93.4 Å². The highest BCUT2D eigenvalue weighted by Gasteiger charge is 2.36. The van der Waals surface area contributed by atoms with E-state index >= 15 is 0 Å². The molecule has 14 heteroatoms. The number of aromatic nitrogens is 3. The molecule has 3 aromatic rings. The van der Waals surface area contributed by atoms with E-state index in [1.54, 1.807) is 6.07 Å². The van der Waals surface area contributed by atoms with Gasteiger partial charge >= 0.3 is 6.18 Å². The number of imidazole rings is 1. The summed E-state index contributed by atoms with van der Waals surface area (Å²) in [7, 11) is -3.31. The SMILES string of the molecule is C[C@@H](CS(C)(=O)=O)NC(=O)C=Cc1c(-c2ccc(Cl)cc2Cl)nc2sc(C(F)(F)F)nn12. The van der Waals surface area contributed by atoms with E-state index in [9.17, 15) is 26.4 Å². The van der Waals surface area contributed by atoms with Gasteiger partial charge in [-0.3, -0.25) is 4.79 Å². The molecule has 0 aliphatic rings. The molecule has 1 amide bonds. The molecule has 3 rings (SSSR count). The van der Waals surface area contributed by atoms with Crippen molar-refractivity contribution in [1.29, 1.82) is 0 Å². The zero-order valence-corrected chi connectivity index (χ0v) is 19.6. The quantitative estimate of drug-likeness (QED) is 0.482. The van der Waals surface area contributed by atoms with Gasteiger partial charge in [-0.15, -0.1) is 5.10 Å². The van der Waals surface area contributed by atoms with Gasteiger partial charge in [0.2, 0.25) is 15.9 Å². The van der Waals surface area contributed by atoms with E-state index in [2.05, 4.69) is 15.4 Å². The Kier molecular flexibility index (Phi) is 6.89. The smallest absolute Gasteiger partial charge is 0.349 e. The highest BCUT2D eigenvalue weighted by Crippen LogP contribution is 2.37. The minimum atomic E-state index is -4.66. The van der Waals surface area contributed by atoms with Crippen molar-refractivity contribution >= 4 is 61.3 Å². The molecule has 1 atom stereocenters. The van der Waals surface area contributed by atoms with Gasteiger partial charge in [0, 0.05) is 29.0 Å². The Hall–Kier alpha value is -2.15. The number of sulfone groups is 1. The second-order valence-corrected chi connectivity index (χ2v) is 10.9. The summed E-state index contributed by atoms with van der Waals surface area (Å²) >= 11 is 12.5. The van der Waals surface area contributed by atoms with E-state index < -0.39 is 33.0 Å². The number of fused-ring (bicyclic) bond motifs is 1. The molecule has 0 saturated carbocycles. The van der Waals surface area contributed by atoms with E-state index in [0.717, 1.165) is 16.8 Å². The maximum Gasteiger partial charge on any atom is 0.445 e. The first-order valence-electron chi connectivity index (χ1n) is 8.83. The summed E-state index contributed by atoms with van der Waals surface area (Å²) in [6.45, 7) is 1.51. The molecule has 7 nitrogen and oxygen atoms in total. The lowest BCUT2D eigenvalue weighted by molar-refractivity contribution is -0.138. The Labute approximate surface area is 194 Å². The van der Waals surface area contributed by atoms with Crippen LogP contribution in [0.3, 0.4) is 0 Å². The fraction of sp³-hybridized carbons (Fsp3) is 0.278. The summed E-state index contributed by atoms with van der Waals surface area (Å²) in [5.74, 6) is -0.911. The van der Waals surface area contributed by atoms with E-state index in [4.69, 9.17) is 23.2 Å². The second kappa shape index (κ2) is 9.00. The first kappa shape index (κ1) is 24.5. The van der Waals surface area contributed by atoms with Crippen LogP contribution < -0.4 is 5.32 Å². The van der Waals surface area contributed by atoms with Gasteiger partial charge in [-0.2, -0.15) is 13.2 Å². The minimum absolute atomic E-state index is 0.0520. The zero-order valence-electron chi connectivity index (χ0n) is 16.4. The molecule has 172 valence electrons. The number of halogens is 5. The molecule has 2 aromatic heterocycles. The molecule has 1 aromatic carbocycles. The molecule has 0 unspecified atom stereocenters. The van der Waals surface area contributed by atoms with Crippen molar-refractivity contribution in [2.24, 2.45) is 0 Å². The average molecular weight is 527 g/mol. The van der Waals surface area contributed by atoms with Gasteiger partial charge in [0.25, 0.3) is 0 Å². The normalized spacial score (nSPS) is 13.7. The van der Waals surface area contributed by atoms with Gasteiger partial charge in [0.05, 0.1) is 16.5 Å². The molecule has 0 saturated heterocycles. The summed E-state index contributed by atoms with van der Waals surface area (Å²) in [5, 5.41) is 5.52. The molecule has 0 fully saturated rings. The second-order valence-electron chi connectivity index (χ2n) is 6.90. The van der Waals surface area contributed by atoms with Crippen molar-refractivity contribution in [3.8, 4) is 11.3 Å². The number of nitrogens with one attached hydrogen (secondary N) is 1. The molecular formula is C18H15Cl2F3N4O3S2. The van der Waals surface area contributed by atoms with Gasteiger partial charge in [-0.25, -0.2) is 17.9 Å². The molecule has 0 spiro atoms. The van der Waals surface area contributed by atoms with Crippen molar-refractivity contribution in [3.63, 3.8) is 0 Å². The molecule has 2 heterocycles. The molecule has 0 radical (unpaired) electrons. The number of nitrogens with zero attached hydrogens (tertiary/aromatic N) is 3. The van der Waals surface area contributed by atoms with Gasteiger partial charge in [-0.1, -0.05) is 34.5 Å². The molecule has 0 bridgehead atoms. The lowest BCUT2D eigenvalue weighted by Gasteiger charge is -2.10. The number of rotatable bonds is 6. The maximum absolute atomic E-state index is 13.1. The van der Waals surface area contributed by atoms with Crippen LogP contribution in [0.5, 0.6) is 0 Å². The highest BCUT2D eigenvalue weighted by molar-refractivity contribution is 7.90. The van der Waals surface area contributed by atoms with E-state index in [-0.39, 0.29) is 27.1 Å². The van der Waals surface area contributed by atoms with Crippen molar-refractivity contribution in [3.05, 3.63) is 45.0 Å². The Morgan fingerprint density at radius 3 is 2.62 bits per heavy atom. The van der Waals surface area contributed by atoms with Gasteiger partial charge in [0.1, 0.15) is 15.5 Å². The number of hydrogen-bond acceptors (Lipinski definition) is 6. The van der Waals surface area contributed by atoms with Crippen LogP contribution in [0.1, 0.15) is 17.6 Å². The third-order valence-electron chi connectivity index (χ3n) is 4.00. The van der Waals surface area contributed by atoms with Gasteiger partial charge < -0.3 is 5.32 Å². The number of benzene rings is 1. The molecule has 32 heavy (non-hydrogen) atoms. The predicted molar refractivity (Wildman–Crippen MR) is 118 cm³/mol. The maximum atomic E-state index is 13.1. The average Bonchev–Trinajstić information content (AvgIpc) is 3.16. The summed E-state index contributed by atoms with van der Waals surface area (Å²) in [4.78, 5) is 16.4. The number of carbonyl (C=O) groups is 1. The summed E-state index contributed by atoms with van der Waals surface area (Å²) in [6.07, 6.45) is -1.33. The van der Waals surface area contributed by atoms with E-state index in [1.165, 1.54) is 25.1 Å². The number of alkyl halides is 3. The van der Waals surface area contributed by atoms with Crippen LogP contribution in [-0.4, -0.2) is 47.0 Å². The lowest BCUT2D eigenvalue weighted by atomic mass is 10.1. The first-order chi connectivity index (χ1) is 14.7. The molecule has 1 N–H and O–H groups in total. The predicted octanol–water partition coefficient (Wildman–Crippen LogP) is 4.35. The van der Waals surface area contributed by atoms with Gasteiger partial charge in [0.15, 0.2) is 0 Å². The number of hydrogen-bond donors (Lipinski definition) is 1. The minimum Gasteiger partial charge on any atom is -0.349 e. The van der Waals surface area contributed by atoms with Crippen LogP contribution in [0.4, 0.5) is 13.2 Å². The third kappa shape index (κ3) is 5.80. The Morgan fingerprint density at radius 2 is 2.03 bits per heavy atom. The lowest BCUT2D eigenvalue weighted by Crippen LogP contribution is -2.36. The van der Waals surface area contributed by atoms with E-state index in [1.807, 2.05) is 0 Å². The Morgan fingerprint density at radius 1 is 1.34 bits per heavy atom. The van der Waals surface area contributed by atoms with Crippen LogP contribution in [0.2, 0.25) is 10.0 Å². The van der Waals surface area contributed by atoms with Crippen molar-refractivity contribution in [2.45, 2.75) is 19.1 Å². The van der Waals surface area contributed by atoms with Crippen LogP contribution in [0.25, 0.3) is 22.3 Å². The Bertz CT molecular complexity index is 1320. The van der Waals surface area contributed by atoms with Gasteiger partial charge in [-0.05, 0) is 31.2 Å². The fourth-order valence-electron chi connectivity index (χ4n) is 2.85. The van der Waals surface area contributed by atoms with Crippen LogP contribution in [0.15, 0.2) is 24.3 Å². The van der Waals surface area contributed by atoms with Crippen LogP contribution in [-0.2, 0) is 20.8 Å². The molecule has 0 aliphatic heterocycles. The molecule has 0 aliphatic carbocycles. The molecular weight excluding hydrogens is 512 g/mol. The van der Waals surface area contributed by atoms with Crippen LogP contribution in [0, 0.1) is 0 Å². The number of carbonyl (C=O) groups excluding carboxylic acids is 1. The van der Waals surface area contributed by atoms with Crippen molar-refractivity contribution < 1.29 is 26.4 Å². The Balaban J connectivity index is 2.03. The third-order valence-corrected chi connectivity index (χ3v) is 6.61. The number of amides is 1. The largest absolute Gasteiger partial charge is 0.445 e. The van der Waals surface area contributed by atoms with Crippen molar-refractivity contribution in [1.82, 2.24) is 19.9 Å². The van der Waals surface area contributed by atoms with Crippen molar-refractivity contribution in [2.75, 3.05) is 12.0 Å². The van der Waals surface area contributed by atoms with E-state index in [0.29, 0.717) is 21.9 Å². The monoisotopic (exact) mass is 526 g/mol. The zero-order chi connectivity index (χ0) is 23.8. The highest BCUT2D eigenvalue weighted by atomic mass is 35.5. The summed E-state index contributed by atoms with van der Waals surface area (Å²) in [5.41, 5.74) is 0.669.